The van der Waals surface area contributed by atoms with Crippen molar-refractivity contribution in [3.63, 3.8) is 0 Å². The van der Waals surface area contributed by atoms with E-state index < -0.39 is 0 Å². The third kappa shape index (κ3) is 7.64. The summed E-state index contributed by atoms with van der Waals surface area (Å²) in [6.07, 6.45) is 0. The van der Waals surface area contributed by atoms with Crippen molar-refractivity contribution < 1.29 is 9.53 Å². The van der Waals surface area contributed by atoms with Gasteiger partial charge < -0.3 is 19.4 Å². The van der Waals surface area contributed by atoms with Crippen LogP contribution in [0.15, 0.2) is 120 Å². The fourth-order valence-corrected chi connectivity index (χ4v) is 6.23. The number of hydrogen-bond acceptors (Lipinski definition) is 7. The Morgan fingerprint density at radius 3 is 2.09 bits per heavy atom. The van der Waals surface area contributed by atoms with Crippen LogP contribution in [0.2, 0.25) is 0 Å². The van der Waals surface area contributed by atoms with Crippen LogP contribution >= 0.6 is 11.8 Å². The minimum absolute atomic E-state index is 0.00804. The predicted molar refractivity (Wildman–Crippen MR) is 183 cm³/mol. The second kappa shape index (κ2) is 14.3. The van der Waals surface area contributed by atoms with E-state index in [1.165, 1.54) is 5.69 Å². The van der Waals surface area contributed by atoms with E-state index in [9.17, 15) is 4.79 Å². The van der Waals surface area contributed by atoms with Crippen LogP contribution in [-0.2, 0) is 12.3 Å². The Kier molecular flexibility index (Phi) is 9.61. The highest BCUT2D eigenvalue weighted by Crippen LogP contribution is 2.29. The van der Waals surface area contributed by atoms with Gasteiger partial charge in [0.25, 0.3) is 5.91 Å². The number of methoxy groups -OCH3 is 1. The summed E-state index contributed by atoms with van der Waals surface area (Å²) in [6, 6.07) is 38.6. The second-order valence-electron chi connectivity index (χ2n) is 11.1. The first-order valence-corrected chi connectivity index (χ1v) is 16.1. The van der Waals surface area contributed by atoms with Crippen LogP contribution in [0.4, 0.5) is 11.5 Å². The summed E-state index contributed by atoms with van der Waals surface area (Å²) < 4.78 is 5.32. The Bertz CT molecular complexity index is 1690. The number of nitrogens with zero attached hydrogens (tertiary/aromatic N) is 5. The molecular formula is C37H37N5O2S. The molecule has 0 saturated carbocycles. The van der Waals surface area contributed by atoms with Gasteiger partial charge in [0.05, 0.1) is 12.8 Å². The van der Waals surface area contributed by atoms with Crippen molar-refractivity contribution in [2.45, 2.75) is 17.5 Å². The summed E-state index contributed by atoms with van der Waals surface area (Å²) in [4.78, 5) is 29.5. The zero-order valence-electron chi connectivity index (χ0n) is 25.7. The van der Waals surface area contributed by atoms with E-state index in [0.29, 0.717) is 17.9 Å². The van der Waals surface area contributed by atoms with Gasteiger partial charge in [-0.05, 0) is 47.5 Å². The van der Waals surface area contributed by atoms with Gasteiger partial charge in [-0.1, -0.05) is 84.6 Å². The first-order chi connectivity index (χ1) is 22.1. The number of anilines is 2. The fraction of sp³-hybridized carbons (Fsp3) is 0.216. The molecule has 1 aromatic heterocycles. The Balaban J connectivity index is 1.13. The van der Waals surface area contributed by atoms with Crippen LogP contribution in [0.5, 0.6) is 5.75 Å². The van der Waals surface area contributed by atoms with Crippen molar-refractivity contribution in [1.29, 1.82) is 0 Å². The highest BCUT2D eigenvalue weighted by Gasteiger charge is 2.20. The van der Waals surface area contributed by atoms with Gasteiger partial charge in [-0.3, -0.25) is 4.79 Å². The molecule has 5 aromatic rings. The van der Waals surface area contributed by atoms with Crippen LogP contribution in [0.25, 0.3) is 11.3 Å². The number of thioether (sulfide) groups is 1. The van der Waals surface area contributed by atoms with Gasteiger partial charge in [-0.25, -0.2) is 9.97 Å². The minimum Gasteiger partial charge on any atom is -0.497 e. The van der Waals surface area contributed by atoms with Crippen molar-refractivity contribution in [3.05, 3.63) is 132 Å². The van der Waals surface area contributed by atoms with E-state index in [0.717, 1.165) is 65.3 Å². The van der Waals surface area contributed by atoms with Crippen molar-refractivity contribution in [3.8, 4) is 17.0 Å². The highest BCUT2D eigenvalue weighted by atomic mass is 32.2. The number of carbonyl (C=O) groups excluding carboxylic acids is 1. The summed E-state index contributed by atoms with van der Waals surface area (Å²) in [5.74, 6) is 2.53. The molecule has 8 heteroatoms. The lowest BCUT2D eigenvalue weighted by Crippen LogP contribution is -2.46. The highest BCUT2D eigenvalue weighted by molar-refractivity contribution is 7.98. The van der Waals surface area contributed by atoms with Crippen molar-refractivity contribution in [2.75, 3.05) is 50.1 Å². The number of amides is 1. The van der Waals surface area contributed by atoms with E-state index in [1.54, 1.807) is 23.8 Å². The predicted octanol–water partition coefficient (Wildman–Crippen LogP) is 7.04. The van der Waals surface area contributed by atoms with Crippen LogP contribution in [0.1, 0.15) is 21.5 Å². The summed E-state index contributed by atoms with van der Waals surface area (Å²) >= 11 is 1.62. The molecule has 1 saturated heterocycles. The summed E-state index contributed by atoms with van der Waals surface area (Å²) in [6.45, 7) is 4.13. The number of carbonyl (C=O) groups is 1. The third-order valence-electron chi connectivity index (χ3n) is 7.98. The van der Waals surface area contributed by atoms with Gasteiger partial charge >= 0.3 is 0 Å². The molecule has 7 nitrogen and oxygen atoms in total. The van der Waals surface area contributed by atoms with E-state index in [-0.39, 0.29) is 5.91 Å². The van der Waals surface area contributed by atoms with Gasteiger partial charge in [-0.2, -0.15) is 0 Å². The molecule has 45 heavy (non-hydrogen) atoms. The number of hydrogen-bond donors (Lipinski definition) is 0. The van der Waals surface area contributed by atoms with E-state index >= 15 is 0 Å². The molecule has 0 spiro atoms. The normalized spacial score (nSPS) is 13.0. The quantitative estimate of drug-likeness (QED) is 0.123. The van der Waals surface area contributed by atoms with Gasteiger partial charge in [0, 0.05) is 68.4 Å². The van der Waals surface area contributed by atoms with Crippen LogP contribution in [0.3, 0.4) is 0 Å². The van der Waals surface area contributed by atoms with E-state index in [1.807, 2.05) is 92.0 Å². The smallest absolute Gasteiger partial charge is 0.253 e. The van der Waals surface area contributed by atoms with E-state index in [4.69, 9.17) is 14.7 Å². The Labute approximate surface area is 269 Å². The van der Waals surface area contributed by atoms with Gasteiger partial charge in [0.1, 0.15) is 11.6 Å². The number of ether oxygens (including phenoxy) is 1. The number of rotatable bonds is 10. The third-order valence-corrected chi connectivity index (χ3v) is 8.90. The monoisotopic (exact) mass is 615 g/mol. The zero-order valence-corrected chi connectivity index (χ0v) is 26.5. The number of benzene rings is 4. The SMILES string of the molecule is COc1ccc(N2CCN(c3cc(-c4ccccc4)nc(SCc4ccc(C(=O)N(C)Cc5ccccc5)cc4)n3)CC2)cc1. The largest absolute Gasteiger partial charge is 0.497 e. The molecule has 0 bridgehead atoms. The topological polar surface area (TPSA) is 61.8 Å². The molecular weight excluding hydrogens is 579 g/mol. The lowest BCUT2D eigenvalue weighted by atomic mass is 10.1. The maximum atomic E-state index is 13.0. The molecule has 0 atom stereocenters. The molecule has 2 heterocycles. The molecule has 0 N–H and O–H groups in total. The Morgan fingerprint density at radius 1 is 0.778 bits per heavy atom. The Morgan fingerprint density at radius 2 is 1.42 bits per heavy atom. The second-order valence-corrected chi connectivity index (χ2v) is 12.0. The molecule has 1 aliphatic rings. The van der Waals surface area contributed by atoms with Gasteiger partial charge in [0.15, 0.2) is 5.16 Å². The molecule has 6 rings (SSSR count). The van der Waals surface area contributed by atoms with Gasteiger partial charge in [-0.15, -0.1) is 0 Å². The molecule has 4 aromatic carbocycles. The van der Waals surface area contributed by atoms with Crippen LogP contribution in [-0.4, -0.2) is 61.1 Å². The molecule has 1 amide bonds. The van der Waals surface area contributed by atoms with Gasteiger partial charge in [0.2, 0.25) is 0 Å². The van der Waals surface area contributed by atoms with Crippen molar-refractivity contribution >= 4 is 29.2 Å². The summed E-state index contributed by atoms with van der Waals surface area (Å²) in [7, 11) is 3.53. The zero-order chi connectivity index (χ0) is 31.0. The fourth-order valence-electron chi connectivity index (χ4n) is 5.42. The van der Waals surface area contributed by atoms with Crippen molar-refractivity contribution in [2.24, 2.45) is 0 Å². The lowest BCUT2D eigenvalue weighted by Gasteiger charge is -2.37. The number of aromatic nitrogens is 2. The summed E-state index contributed by atoms with van der Waals surface area (Å²) in [5, 5.41) is 0.742. The van der Waals surface area contributed by atoms with Crippen LogP contribution < -0.4 is 14.5 Å². The molecule has 0 radical (unpaired) electrons. The lowest BCUT2D eigenvalue weighted by molar-refractivity contribution is 0.0785. The first-order valence-electron chi connectivity index (χ1n) is 15.2. The Hall–Kier alpha value is -4.82. The molecule has 0 unspecified atom stereocenters. The maximum Gasteiger partial charge on any atom is 0.253 e. The molecule has 1 aliphatic heterocycles. The average Bonchev–Trinajstić information content (AvgIpc) is 3.11. The minimum atomic E-state index is 0.00804. The molecule has 0 aliphatic carbocycles. The standard InChI is InChI=1S/C37H37N5O2S/c1-40(26-28-9-5-3-6-10-28)36(43)31-15-13-29(14-16-31)27-45-37-38-34(30-11-7-4-8-12-30)25-35(39-37)42-23-21-41(22-24-42)32-17-19-33(44-2)20-18-32/h3-20,25H,21-24,26-27H2,1-2H3. The van der Waals surface area contributed by atoms with E-state index in [2.05, 4.69) is 40.1 Å². The summed E-state index contributed by atoms with van der Waals surface area (Å²) in [5.41, 5.74) is 6.10. The van der Waals surface area contributed by atoms with Crippen LogP contribution in [0, 0.1) is 0 Å². The average molecular weight is 616 g/mol. The first kappa shape index (κ1) is 30.2. The number of piperazine rings is 1. The molecule has 1 fully saturated rings. The molecule has 228 valence electrons. The van der Waals surface area contributed by atoms with Crippen molar-refractivity contribution in [1.82, 2.24) is 14.9 Å². The maximum absolute atomic E-state index is 13.0.